The van der Waals surface area contributed by atoms with Gasteiger partial charge in [-0.1, -0.05) is 12.8 Å². The van der Waals surface area contributed by atoms with Crippen LogP contribution >= 0.6 is 0 Å². The minimum absolute atomic E-state index is 0.152. The van der Waals surface area contributed by atoms with Gasteiger partial charge in [-0.05, 0) is 44.0 Å². The second-order valence-corrected chi connectivity index (χ2v) is 5.69. The van der Waals surface area contributed by atoms with Gasteiger partial charge >= 0.3 is 0 Å². The molecule has 1 aromatic rings. The van der Waals surface area contributed by atoms with Gasteiger partial charge in [0.15, 0.2) is 5.96 Å². The fourth-order valence-electron chi connectivity index (χ4n) is 2.64. The topological polar surface area (TPSA) is 85.8 Å². The SMILES string of the molecule is CCNC(=NCCNC(=O)c1ccc(O)cc1)NC1CCCC1. The zero-order valence-electron chi connectivity index (χ0n) is 13.6. The van der Waals surface area contributed by atoms with Crippen molar-refractivity contribution in [1.29, 1.82) is 0 Å². The molecule has 1 saturated carbocycles. The smallest absolute Gasteiger partial charge is 0.251 e. The van der Waals surface area contributed by atoms with Crippen molar-refractivity contribution in [3.63, 3.8) is 0 Å². The Balaban J connectivity index is 1.76. The summed E-state index contributed by atoms with van der Waals surface area (Å²) in [5.41, 5.74) is 0.530. The predicted molar refractivity (Wildman–Crippen MR) is 91.8 cm³/mol. The van der Waals surface area contributed by atoms with Crippen molar-refractivity contribution >= 4 is 11.9 Å². The van der Waals surface area contributed by atoms with E-state index in [0.717, 1.165) is 12.5 Å². The first kappa shape index (κ1) is 17.1. The molecule has 1 aliphatic carbocycles. The van der Waals surface area contributed by atoms with Gasteiger partial charge in [-0.25, -0.2) is 0 Å². The highest BCUT2D eigenvalue weighted by molar-refractivity contribution is 5.94. The van der Waals surface area contributed by atoms with Gasteiger partial charge in [0, 0.05) is 24.7 Å². The van der Waals surface area contributed by atoms with Crippen LogP contribution in [0.3, 0.4) is 0 Å². The first-order valence-corrected chi connectivity index (χ1v) is 8.31. The third-order valence-electron chi connectivity index (χ3n) is 3.84. The number of carbonyl (C=O) groups excluding carboxylic acids is 1. The maximum absolute atomic E-state index is 11.9. The summed E-state index contributed by atoms with van der Waals surface area (Å²) in [6.45, 7) is 3.85. The molecule has 1 aliphatic rings. The van der Waals surface area contributed by atoms with Crippen LogP contribution in [0, 0.1) is 0 Å². The normalized spacial score (nSPS) is 15.4. The molecule has 0 spiro atoms. The molecule has 0 aliphatic heterocycles. The van der Waals surface area contributed by atoms with Crippen LogP contribution < -0.4 is 16.0 Å². The maximum Gasteiger partial charge on any atom is 0.251 e. The number of phenols is 1. The van der Waals surface area contributed by atoms with E-state index in [1.54, 1.807) is 12.1 Å². The van der Waals surface area contributed by atoms with E-state index in [2.05, 4.69) is 20.9 Å². The second kappa shape index (κ2) is 9.02. The summed E-state index contributed by atoms with van der Waals surface area (Å²) in [5, 5.41) is 18.7. The summed E-state index contributed by atoms with van der Waals surface area (Å²) in [6.07, 6.45) is 4.95. The molecular weight excluding hydrogens is 292 g/mol. The Kier molecular flexibility index (Phi) is 6.72. The molecule has 126 valence electrons. The molecule has 6 nitrogen and oxygen atoms in total. The number of hydrogen-bond donors (Lipinski definition) is 4. The molecule has 0 unspecified atom stereocenters. The first-order valence-electron chi connectivity index (χ1n) is 8.31. The van der Waals surface area contributed by atoms with E-state index in [4.69, 9.17) is 0 Å². The number of aromatic hydroxyl groups is 1. The largest absolute Gasteiger partial charge is 0.508 e. The van der Waals surface area contributed by atoms with Crippen molar-refractivity contribution in [2.45, 2.75) is 38.6 Å². The van der Waals surface area contributed by atoms with E-state index in [1.165, 1.54) is 37.8 Å². The Morgan fingerprint density at radius 3 is 2.57 bits per heavy atom. The zero-order chi connectivity index (χ0) is 16.5. The summed E-state index contributed by atoms with van der Waals surface area (Å²) in [4.78, 5) is 16.4. The van der Waals surface area contributed by atoms with Gasteiger partial charge in [0.1, 0.15) is 5.75 Å². The number of benzene rings is 1. The number of nitrogens with zero attached hydrogens (tertiary/aromatic N) is 1. The molecule has 1 fully saturated rings. The first-order chi connectivity index (χ1) is 11.2. The number of hydrogen-bond acceptors (Lipinski definition) is 3. The fraction of sp³-hybridized carbons (Fsp3) is 0.529. The van der Waals surface area contributed by atoms with Crippen LogP contribution in [0.25, 0.3) is 0 Å². The molecule has 2 rings (SSSR count). The maximum atomic E-state index is 11.9. The van der Waals surface area contributed by atoms with Crippen molar-refractivity contribution in [2.24, 2.45) is 4.99 Å². The van der Waals surface area contributed by atoms with E-state index >= 15 is 0 Å². The van der Waals surface area contributed by atoms with Crippen LogP contribution in [0.1, 0.15) is 43.0 Å². The fourth-order valence-corrected chi connectivity index (χ4v) is 2.64. The Labute approximate surface area is 137 Å². The summed E-state index contributed by atoms with van der Waals surface area (Å²) in [5.74, 6) is 0.812. The van der Waals surface area contributed by atoms with Gasteiger partial charge in [-0.2, -0.15) is 0 Å². The molecule has 0 atom stereocenters. The van der Waals surface area contributed by atoms with E-state index < -0.39 is 0 Å². The van der Waals surface area contributed by atoms with Gasteiger partial charge in [-0.15, -0.1) is 0 Å². The number of nitrogens with one attached hydrogen (secondary N) is 3. The lowest BCUT2D eigenvalue weighted by atomic mass is 10.2. The monoisotopic (exact) mass is 318 g/mol. The molecule has 0 aromatic heterocycles. The molecule has 1 aromatic carbocycles. The van der Waals surface area contributed by atoms with Crippen molar-refractivity contribution in [1.82, 2.24) is 16.0 Å². The molecule has 23 heavy (non-hydrogen) atoms. The van der Waals surface area contributed by atoms with Gasteiger partial charge in [0.05, 0.1) is 6.54 Å². The van der Waals surface area contributed by atoms with Crippen LogP contribution in [-0.4, -0.2) is 42.6 Å². The Morgan fingerprint density at radius 2 is 1.91 bits per heavy atom. The van der Waals surface area contributed by atoms with Gasteiger partial charge in [0.25, 0.3) is 5.91 Å². The molecule has 1 amide bonds. The van der Waals surface area contributed by atoms with Gasteiger partial charge < -0.3 is 21.1 Å². The molecular formula is C17H26N4O2. The van der Waals surface area contributed by atoms with Gasteiger partial charge in [-0.3, -0.25) is 9.79 Å². The third-order valence-corrected chi connectivity index (χ3v) is 3.84. The van der Waals surface area contributed by atoms with Crippen LogP contribution in [0.2, 0.25) is 0 Å². The van der Waals surface area contributed by atoms with E-state index in [9.17, 15) is 9.90 Å². The van der Waals surface area contributed by atoms with Crippen LogP contribution in [0.15, 0.2) is 29.3 Å². The average molecular weight is 318 g/mol. The molecule has 4 N–H and O–H groups in total. The Bertz CT molecular complexity index is 522. The average Bonchev–Trinajstić information content (AvgIpc) is 3.05. The number of guanidine groups is 1. The second-order valence-electron chi connectivity index (χ2n) is 5.69. The minimum Gasteiger partial charge on any atom is -0.508 e. The molecule has 0 saturated heterocycles. The number of rotatable bonds is 6. The number of amides is 1. The molecule has 0 heterocycles. The van der Waals surface area contributed by atoms with E-state index in [-0.39, 0.29) is 11.7 Å². The predicted octanol–water partition coefficient (Wildman–Crippen LogP) is 1.62. The molecule has 0 radical (unpaired) electrons. The van der Waals surface area contributed by atoms with Crippen LogP contribution in [-0.2, 0) is 0 Å². The standard InChI is InChI=1S/C17H26N4O2/c1-2-18-17(21-14-5-3-4-6-14)20-12-11-19-16(23)13-7-9-15(22)10-8-13/h7-10,14,22H,2-6,11-12H2,1H3,(H,19,23)(H2,18,20,21). The summed E-state index contributed by atoms with van der Waals surface area (Å²) >= 11 is 0. The summed E-state index contributed by atoms with van der Waals surface area (Å²) in [7, 11) is 0. The Hall–Kier alpha value is -2.24. The van der Waals surface area contributed by atoms with Crippen molar-refractivity contribution in [3.05, 3.63) is 29.8 Å². The highest BCUT2D eigenvalue weighted by Crippen LogP contribution is 2.17. The van der Waals surface area contributed by atoms with Crippen molar-refractivity contribution in [2.75, 3.05) is 19.6 Å². The number of carbonyl (C=O) groups is 1. The molecule has 0 bridgehead atoms. The van der Waals surface area contributed by atoms with E-state index in [1.807, 2.05) is 6.92 Å². The zero-order valence-corrected chi connectivity index (χ0v) is 13.6. The summed E-state index contributed by atoms with van der Waals surface area (Å²) in [6, 6.07) is 6.71. The van der Waals surface area contributed by atoms with Crippen LogP contribution in [0.4, 0.5) is 0 Å². The Morgan fingerprint density at radius 1 is 1.22 bits per heavy atom. The highest BCUT2D eigenvalue weighted by Gasteiger charge is 2.15. The summed E-state index contributed by atoms with van der Waals surface area (Å²) < 4.78 is 0. The third kappa shape index (κ3) is 5.81. The van der Waals surface area contributed by atoms with Crippen molar-refractivity contribution in [3.8, 4) is 5.75 Å². The lowest BCUT2D eigenvalue weighted by molar-refractivity contribution is 0.0955. The lowest BCUT2D eigenvalue weighted by Crippen LogP contribution is -2.42. The highest BCUT2D eigenvalue weighted by atomic mass is 16.3. The number of phenolic OH excluding ortho intramolecular Hbond substituents is 1. The van der Waals surface area contributed by atoms with Gasteiger partial charge in [0.2, 0.25) is 0 Å². The number of aliphatic imine (C=N–C) groups is 1. The molecule has 6 heteroatoms. The van der Waals surface area contributed by atoms with E-state index in [0.29, 0.717) is 24.7 Å². The minimum atomic E-state index is -0.158. The lowest BCUT2D eigenvalue weighted by Gasteiger charge is -2.16. The quantitative estimate of drug-likeness (QED) is 0.365. The van der Waals surface area contributed by atoms with Crippen LogP contribution in [0.5, 0.6) is 5.75 Å². The van der Waals surface area contributed by atoms with Crippen molar-refractivity contribution < 1.29 is 9.90 Å².